The van der Waals surface area contributed by atoms with Gasteiger partial charge in [-0.1, -0.05) is 36.9 Å². The fourth-order valence-corrected chi connectivity index (χ4v) is 1.22. The molecule has 0 fully saturated rings. The van der Waals surface area contributed by atoms with E-state index in [1.54, 1.807) is 0 Å². The topological polar surface area (TPSA) is 0 Å². The molecule has 1 heteroatoms. The van der Waals surface area contributed by atoms with Crippen LogP contribution in [-0.4, -0.2) is 10.2 Å². The number of hydrogen-bond acceptors (Lipinski definition) is 0. The summed E-state index contributed by atoms with van der Waals surface area (Å²) in [4.78, 5) is 0. The minimum atomic E-state index is 0.891. The third-order valence-electron chi connectivity index (χ3n) is 1.47. The van der Waals surface area contributed by atoms with Crippen LogP contribution in [-0.2, 0) is 6.04 Å². The van der Waals surface area contributed by atoms with Gasteiger partial charge in [0, 0.05) is 10.2 Å². The summed E-state index contributed by atoms with van der Waals surface area (Å²) in [6.45, 7) is 3.72. The molecule has 0 aromatic heterocycles. The van der Waals surface area contributed by atoms with Crippen LogP contribution in [0.25, 0.3) is 6.08 Å². The molecular weight excluding hydrogens is 136 g/mol. The Morgan fingerprint density at radius 2 is 2.10 bits per heavy atom. The van der Waals surface area contributed by atoms with Crippen LogP contribution in [0.15, 0.2) is 30.8 Å². The fourth-order valence-electron chi connectivity index (χ4n) is 0.894. The summed E-state index contributed by atoms with van der Waals surface area (Å²) >= 11 is 0. The highest BCUT2D eigenvalue weighted by Crippen LogP contribution is 2.08. The lowest BCUT2D eigenvalue weighted by molar-refractivity contribution is 1.38. The molecule has 3 radical (unpaired) electrons. The first kappa shape index (κ1) is 7.29. The molecule has 0 amide bonds. The van der Waals surface area contributed by atoms with Crippen LogP contribution in [0.3, 0.4) is 0 Å². The summed E-state index contributed by atoms with van der Waals surface area (Å²) in [5, 5.41) is 0. The Labute approximate surface area is 65.0 Å². The van der Waals surface area contributed by atoms with Crippen molar-refractivity contribution in [3.05, 3.63) is 42.0 Å². The van der Waals surface area contributed by atoms with E-state index < -0.39 is 0 Å². The zero-order chi connectivity index (χ0) is 7.40. The summed E-state index contributed by atoms with van der Waals surface area (Å²) < 4.78 is 0. The summed E-state index contributed by atoms with van der Waals surface area (Å²) in [6.07, 6.45) is 1.87. The first-order valence-electron chi connectivity index (χ1n) is 3.23. The van der Waals surface area contributed by atoms with Crippen LogP contribution < -0.4 is 0 Å². The molecule has 1 rings (SSSR count). The second kappa shape index (κ2) is 3.37. The lowest BCUT2D eigenvalue weighted by atomic mass is 10.1. The van der Waals surface area contributed by atoms with Crippen LogP contribution in [0.4, 0.5) is 0 Å². The van der Waals surface area contributed by atoms with Gasteiger partial charge in [0.05, 0.1) is 0 Å². The SMILES string of the molecule is C=Cc1ccccc1C[Si]. The lowest BCUT2D eigenvalue weighted by Gasteiger charge is -1.99. The average Bonchev–Trinajstić information content (AvgIpc) is 2.04. The minimum absolute atomic E-state index is 0.891. The normalized spacial score (nSPS) is 9.30. The van der Waals surface area contributed by atoms with Crippen LogP contribution in [0.2, 0.25) is 0 Å². The highest BCUT2D eigenvalue weighted by molar-refractivity contribution is 6.08. The maximum Gasteiger partial charge on any atom is 0.0284 e. The third-order valence-corrected chi connectivity index (χ3v) is 1.85. The van der Waals surface area contributed by atoms with E-state index in [-0.39, 0.29) is 0 Å². The molecule has 0 aliphatic rings. The maximum atomic E-state index is 3.72. The fraction of sp³-hybridized carbons (Fsp3) is 0.111. The van der Waals surface area contributed by atoms with Gasteiger partial charge in [-0.05, 0) is 17.2 Å². The number of hydrogen-bond donors (Lipinski definition) is 0. The predicted molar refractivity (Wildman–Crippen MR) is 46.0 cm³/mol. The molecule has 0 unspecified atom stereocenters. The standard InChI is InChI=1S/C9H9Si/c1-2-8-5-3-4-6-9(8)7-10/h2-6H,1,7H2. The second-order valence-electron chi connectivity index (χ2n) is 2.08. The summed E-state index contributed by atoms with van der Waals surface area (Å²) in [5.74, 6) is 0. The van der Waals surface area contributed by atoms with Gasteiger partial charge in [-0.2, -0.15) is 0 Å². The third kappa shape index (κ3) is 1.36. The van der Waals surface area contributed by atoms with Crippen molar-refractivity contribution in [2.24, 2.45) is 0 Å². The molecule has 49 valence electrons. The summed E-state index contributed by atoms with van der Waals surface area (Å²) in [5.41, 5.74) is 2.49. The Kier molecular flexibility index (Phi) is 2.46. The highest BCUT2D eigenvalue weighted by Gasteiger charge is 1.91. The molecule has 0 aliphatic carbocycles. The smallest absolute Gasteiger partial charge is 0.0284 e. The van der Waals surface area contributed by atoms with Crippen molar-refractivity contribution < 1.29 is 0 Å². The maximum absolute atomic E-state index is 3.72. The van der Waals surface area contributed by atoms with Gasteiger partial charge in [-0.15, -0.1) is 0 Å². The van der Waals surface area contributed by atoms with Crippen molar-refractivity contribution in [3.63, 3.8) is 0 Å². The quantitative estimate of drug-likeness (QED) is 0.558. The monoisotopic (exact) mass is 145 g/mol. The lowest BCUT2D eigenvalue weighted by Crippen LogP contribution is -1.86. The van der Waals surface area contributed by atoms with Crippen molar-refractivity contribution in [3.8, 4) is 0 Å². The van der Waals surface area contributed by atoms with Gasteiger partial charge in [0.25, 0.3) is 0 Å². The Bertz CT molecular complexity index is 228. The van der Waals surface area contributed by atoms with Crippen LogP contribution in [0, 0.1) is 0 Å². The van der Waals surface area contributed by atoms with E-state index in [9.17, 15) is 0 Å². The van der Waals surface area contributed by atoms with Crippen molar-refractivity contribution in [1.29, 1.82) is 0 Å². The Morgan fingerprint density at radius 1 is 1.40 bits per heavy atom. The van der Waals surface area contributed by atoms with E-state index in [1.165, 1.54) is 11.1 Å². The van der Waals surface area contributed by atoms with E-state index in [2.05, 4.69) is 29.0 Å². The molecule has 1 aromatic carbocycles. The molecule has 0 nitrogen and oxygen atoms in total. The van der Waals surface area contributed by atoms with Crippen LogP contribution in [0.1, 0.15) is 11.1 Å². The van der Waals surface area contributed by atoms with Crippen molar-refractivity contribution >= 4 is 16.3 Å². The van der Waals surface area contributed by atoms with E-state index in [1.807, 2.05) is 18.2 Å². The Morgan fingerprint density at radius 3 is 2.60 bits per heavy atom. The van der Waals surface area contributed by atoms with E-state index in [0.717, 1.165) is 6.04 Å². The zero-order valence-corrected chi connectivity index (χ0v) is 6.80. The van der Waals surface area contributed by atoms with Gasteiger partial charge in [0.1, 0.15) is 0 Å². The highest BCUT2D eigenvalue weighted by atomic mass is 28.1. The molecule has 0 heterocycles. The Balaban J connectivity index is 3.08. The van der Waals surface area contributed by atoms with E-state index in [0.29, 0.717) is 0 Å². The van der Waals surface area contributed by atoms with Gasteiger partial charge in [0.15, 0.2) is 0 Å². The molecule has 0 N–H and O–H groups in total. The van der Waals surface area contributed by atoms with Gasteiger partial charge in [-0.25, -0.2) is 0 Å². The van der Waals surface area contributed by atoms with Crippen molar-refractivity contribution in [2.75, 3.05) is 0 Å². The minimum Gasteiger partial charge on any atom is -0.0985 e. The van der Waals surface area contributed by atoms with E-state index in [4.69, 9.17) is 0 Å². The average molecular weight is 145 g/mol. The van der Waals surface area contributed by atoms with Gasteiger partial charge in [-0.3, -0.25) is 0 Å². The zero-order valence-electron chi connectivity index (χ0n) is 5.80. The van der Waals surface area contributed by atoms with Crippen molar-refractivity contribution in [2.45, 2.75) is 6.04 Å². The Hall–Kier alpha value is -0.823. The summed E-state index contributed by atoms with van der Waals surface area (Å²) in [7, 11) is 3.45. The molecular formula is C9H9Si. The first-order chi connectivity index (χ1) is 4.88. The largest absolute Gasteiger partial charge is 0.0985 e. The molecule has 0 bridgehead atoms. The number of rotatable bonds is 2. The second-order valence-corrected chi connectivity index (χ2v) is 2.43. The van der Waals surface area contributed by atoms with Gasteiger partial charge in [0.2, 0.25) is 0 Å². The molecule has 10 heavy (non-hydrogen) atoms. The van der Waals surface area contributed by atoms with Crippen molar-refractivity contribution in [1.82, 2.24) is 0 Å². The summed E-state index contributed by atoms with van der Waals surface area (Å²) in [6, 6.07) is 9.08. The molecule has 0 aliphatic heterocycles. The molecule has 0 atom stereocenters. The first-order valence-corrected chi connectivity index (χ1v) is 3.94. The van der Waals surface area contributed by atoms with Crippen LogP contribution >= 0.6 is 0 Å². The molecule has 0 spiro atoms. The van der Waals surface area contributed by atoms with E-state index >= 15 is 0 Å². The van der Waals surface area contributed by atoms with Gasteiger partial charge < -0.3 is 0 Å². The van der Waals surface area contributed by atoms with Gasteiger partial charge >= 0.3 is 0 Å². The van der Waals surface area contributed by atoms with Crippen LogP contribution in [0.5, 0.6) is 0 Å². The molecule has 0 saturated heterocycles. The number of benzene rings is 1. The molecule has 0 saturated carbocycles. The molecule has 1 aromatic rings. The predicted octanol–water partition coefficient (Wildman–Crippen LogP) is 2.00.